The third kappa shape index (κ3) is 4.46. The number of nitrogens with one attached hydrogen (secondary N) is 1. The molecule has 31 heavy (non-hydrogen) atoms. The van der Waals surface area contributed by atoms with Crippen molar-refractivity contribution in [3.63, 3.8) is 0 Å². The third-order valence-electron chi connectivity index (χ3n) is 6.55. The molecular weight excluding hydrogens is 406 g/mol. The summed E-state index contributed by atoms with van der Waals surface area (Å²) in [6.07, 6.45) is 6.97. The summed E-state index contributed by atoms with van der Waals surface area (Å²) in [6.45, 7) is 2.48. The molecule has 6 heteroatoms. The van der Waals surface area contributed by atoms with Crippen LogP contribution in [0.5, 0.6) is 5.75 Å². The van der Waals surface area contributed by atoms with Gasteiger partial charge in [-0.05, 0) is 42.7 Å². The number of benzene rings is 1. The molecule has 3 heterocycles. The topological polar surface area (TPSA) is 58.2 Å². The van der Waals surface area contributed by atoms with E-state index in [2.05, 4.69) is 34.1 Å². The Morgan fingerprint density at radius 2 is 2.06 bits per heavy atom. The number of methoxy groups -OCH3 is 1. The van der Waals surface area contributed by atoms with Crippen LogP contribution in [0.1, 0.15) is 60.0 Å². The van der Waals surface area contributed by atoms with E-state index in [-0.39, 0.29) is 5.56 Å². The molecule has 2 aliphatic rings. The molecule has 0 unspecified atom stereocenters. The van der Waals surface area contributed by atoms with E-state index in [9.17, 15) is 4.79 Å². The largest absolute Gasteiger partial charge is 0.497 e. The van der Waals surface area contributed by atoms with Gasteiger partial charge in [-0.1, -0.05) is 31.4 Å². The number of nitrogens with zero attached hydrogens (tertiary/aromatic N) is 2. The van der Waals surface area contributed by atoms with Crippen molar-refractivity contribution >= 4 is 11.3 Å². The second-order valence-electron chi connectivity index (χ2n) is 8.67. The summed E-state index contributed by atoms with van der Waals surface area (Å²) in [5.74, 6) is 2.24. The number of aromatic amines is 1. The van der Waals surface area contributed by atoms with Gasteiger partial charge in [0.1, 0.15) is 11.6 Å². The zero-order valence-electron chi connectivity index (χ0n) is 18.0. The summed E-state index contributed by atoms with van der Waals surface area (Å²) in [7, 11) is 1.70. The van der Waals surface area contributed by atoms with E-state index in [1.165, 1.54) is 34.6 Å². The normalized spacial score (nSPS) is 17.5. The molecule has 0 atom stereocenters. The van der Waals surface area contributed by atoms with Crippen LogP contribution in [0.15, 0.2) is 41.2 Å². The summed E-state index contributed by atoms with van der Waals surface area (Å²) in [5.41, 5.74) is 3.12. The van der Waals surface area contributed by atoms with E-state index in [4.69, 9.17) is 9.72 Å². The smallest absolute Gasteiger partial charge is 0.255 e. The highest BCUT2D eigenvalue weighted by molar-refractivity contribution is 7.15. The molecule has 5 nitrogen and oxygen atoms in total. The molecule has 1 aromatic carbocycles. The SMILES string of the molecule is COc1cccc(-c2ccc(CN3CCc4nc(C5CCCCC5)[nH]c(=O)c4C3)s2)c1. The lowest BCUT2D eigenvalue weighted by atomic mass is 9.88. The minimum Gasteiger partial charge on any atom is -0.497 e. The van der Waals surface area contributed by atoms with Gasteiger partial charge in [0.2, 0.25) is 0 Å². The Hall–Kier alpha value is -2.44. The van der Waals surface area contributed by atoms with E-state index < -0.39 is 0 Å². The van der Waals surface area contributed by atoms with Crippen LogP contribution in [-0.4, -0.2) is 28.5 Å². The van der Waals surface area contributed by atoms with Gasteiger partial charge in [-0.2, -0.15) is 0 Å². The third-order valence-corrected chi connectivity index (χ3v) is 7.67. The molecule has 0 saturated heterocycles. The second-order valence-corrected chi connectivity index (χ2v) is 9.84. The Morgan fingerprint density at radius 3 is 2.90 bits per heavy atom. The molecule has 5 rings (SSSR count). The molecule has 3 aromatic rings. The molecule has 1 fully saturated rings. The molecule has 1 saturated carbocycles. The van der Waals surface area contributed by atoms with Gasteiger partial charge in [0.05, 0.1) is 18.4 Å². The summed E-state index contributed by atoms with van der Waals surface area (Å²) in [5, 5.41) is 0. The van der Waals surface area contributed by atoms with Crippen molar-refractivity contribution in [2.45, 2.75) is 57.5 Å². The molecule has 2 aromatic heterocycles. The lowest BCUT2D eigenvalue weighted by Gasteiger charge is -2.28. The lowest BCUT2D eigenvalue weighted by Crippen LogP contribution is -2.36. The number of hydrogen-bond acceptors (Lipinski definition) is 5. The highest BCUT2D eigenvalue weighted by atomic mass is 32.1. The Balaban J connectivity index is 1.29. The second kappa shape index (κ2) is 8.97. The number of hydrogen-bond donors (Lipinski definition) is 1. The maximum Gasteiger partial charge on any atom is 0.255 e. The number of aromatic nitrogens is 2. The van der Waals surface area contributed by atoms with Crippen LogP contribution in [0.4, 0.5) is 0 Å². The molecule has 1 N–H and O–H groups in total. The average molecular weight is 436 g/mol. The predicted molar refractivity (Wildman–Crippen MR) is 125 cm³/mol. The predicted octanol–water partition coefficient (Wildman–Crippen LogP) is 5.11. The number of rotatable bonds is 5. The van der Waals surface area contributed by atoms with Gasteiger partial charge in [-0.25, -0.2) is 4.98 Å². The minimum absolute atomic E-state index is 0.0681. The first-order valence-corrected chi connectivity index (χ1v) is 12.1. The first-order valence-electron chi connectivity index (χ1n) is 11.3. The zero-order valence-corrected chi connectivity index (χ0v) is 18.8. The Labute approximate surface area is 187 Å². The average Bonchev–Trinajstić information content (AvgIpc) is 3.28. The lowest BCUT2D eigenvalue weighted by molar-refractivity contribution is 0.243. The van der Waals surface area contributed by atoms with Gasteiger partial charge in [-0.15, -0.1) is 11.3 Å². The molecule has 1 aliphatic heterocycles. The first kappa shape index (κ1) is 20.5. The van der Waals surface area contributed by atoms with E-state index in [1.54, 1.807) is 18.4 Å². The number of thiophene rings is 1. The van der Waals surface area contributed by atoms with Crippen LogP contribution in [0.25, 0.3) is 10.4 Å². The van der Waals surface area contributed by atoms with Crippen LogP contribution in [0.3, 0.4) is 0 Å². The van der Waals surface area contributed by atoms with Crippen molar-refractivity contribution in [2.24, 2.45) is 0 Å². The van der Waals surface area contributed by atoms with Gasteiger partial charge < -0.3 is 9.72 Å². The van der Waals surface area contributed by atoms with Gasteiger partial charge in [-0.3, -0.25) is 9.69 Å². The molecule has 0 radical (unpaired) electrons. The van der Waals surface area contributed by atoms with Gasteiger partial charge in [0.15, 0.2) is 0 Å². The highest BCUT2D eigenvalue weighted by Gasteiger charge is 2.24. The van der Waals surface area contributed by atoms with Crippen molar-refractivity contribution in [2.75, 3.05) is 13.7 Å². The number of fused-ring (bicyclic) bond motifs is 1. The maximum absolute atomic E-state index is 12.8. The van der Waals surface area contributed by atoms with Crippen molar-refractivity contribution in [1.29, 1.82) is 0 Å². The molecule has 0 bridgehead atoms. The van der Waals surface area contributed by atoms with E-state index in [0.717, 1.165) is 55.2 Å². The Bertz CT molecular complexity index is 1110. The molecular formula is C25H29N3O2S. The summed E-state index contributed by atoms with van der Waals surface area (Å²) in [4.78, 5) is 25.8. The van der Waals surface area contributed by atoms with Crippen LogP contribution >= 0.6 is 11.3 Å². The maximum atomic E-state index is 12.8. The molecule has 0 spiro atoms. The fourth-order valence-electron chi connectivity index (χ4n) is 4.82. The van der Waals surface area contributed by atoms with Crippen molar-refractivity contribution in [3.8, 4) is 16.2 Å². The van der Waals surface area contributed by atoms with Crippen molar-refractivity contribution < 1.29 is 4.74 Å². The van der Waals surface area contributed by atoms with E-state index >= 15 is 0 Å². The molecule has 0 amide bonds. The fourth-order valence-corrected chi connectivity index (χ4v) is 5.87. The van der Waals surface area contributed by atoms with Crippen LogP contribution in [0, 0.1) is 0 Å². The molecule has 1 aliphatic carbocycles. The van der Waals surface area contributed by atoms with Crippen LogP contribution in [0.2, 0.25) is 0 Å². The van der Waals surface area contributed by atoms with E-state index in [0.29, 0.717) is 12.5 Å². The van der Waals surface area contributed by atoms with Gasteiger partial charge >= 0.3 is 0 Å². The summed E-state index contributed by atoms with van der Waals surface area (Å²) >= 11 is 1.81. The zero-order chi connectivity index (χ0) is 21.2. The van der Waals surface area contributed by atoms with Crippen LogP contribution in [-0.2, 0) is 19.5 Å². The Kier molecular flexibility index (Phi) is 5.92. The fraction of sp³-hybridized carbons (Fsp3) is 0.440. The first-order chi connectivity index (χ1) is 15.2. The van der Waals surface area contributed by atoms with Gasteiger partial charge in [0.25, 0.3) is 5.56 Å². The standard InChI is InChI=1S/C25H29N3O2S/c1-30-19-9-5-8-18(14-19)23-11-10-20(31-23)15-28-13-12-22-21(16-28)25(29)27-24(26-22)17-6-3-2-4-7-17/h5,8-11,14,17H,2-4,6-7,12-13,15-16H2,1H3,(H,26,27,29). The molecule has 162 valence electrons. The number of ether oxygens (including phenoxy) is 1. The van der Waals surface area contributed by atoms with Crippen molar-refractivity contribution in [1.82, 2.24) is 14.9 Å². The monoisotopic (exact) mass is 435 g/mol. The van der Waals surface area contributed by atoms with Crippen molar-refractivity contribution in [3.05, 3.63) is 68.7 Å². The van der Waals surface area contributed by atoms with Gasteiger partial charge in [0, 0.05) is 41.7 Å². The summed E-state index contributed by atoms with van der Waals surface area (Å²) < 4.78 is 5.35. The quantitative estimate of drug-likeness (QED) is 0.605. The summed E-state index contributed by atoms with van der Waals surface area (Å²) in [6, 6.07) is 12.6. The minimum atomic E-state index is 0.0681. The number of H-pyrrole nitrogens is 1. The van der Waals surface area contributed by atoms with Crippen LogP contribution < -0.4 is 10.3 Å². The van der Waals surface area contributed by atoms with E-state index in [1.807, 2.05) is 12.1 Å². The Morgan fingerprint density at radius 1 is 1.19 bits per heavy atom. The highest BCUT2D eigenvalue weighted by Crippen LogP contribution is 2.33.